The molecule has 0 radical (unpaired) electrons. The Morgan fingerprint density at radius 2 is 1.80 bits per heavy atom. The van der Waals surface area contributed by atoms with Crippen molar-refractivity contribution in [3.05, 3.63) is 48.0 Å². The van der Waals surface area contributed by atoms with E-state index in [2.05, 4.69) is 30.3 Å². The van der Waals surface area contributed by atoms with Gasteiger partial charge >= 0.3 is 5.97 Å². The third-order valence-corrected chi connectivity index (χ3v) is 3.88. The van der Waals surface area contributed by atoms with Crippen LogP contribution in [-0.2, 0) is 11.3 Å². The molecule has 0 aromatic heterocycles. The molecule has 3 heteroatoms. The molecule has 0 fully saturated rings. The molecule has 2 rings (SSSR count). The highest BCUT2D eigenvalue weighted by Crippen LogP contribution is 2.21. The summed E-state index contributed by atoms with van der Waals surface area (Å²) in [6, 6.07) is 14.5. The first-order chi connectivity index (χ1) is 9.45. The number of carbonyl (C=O) groups is 1. The predicted octanol–water partition coefficient (Wildman–Crippen LogP) is 3.52. The molecule has 3 nitrogen and oxygen atoms in total. The van der Waals surface area contributed by atoms with Crippen LogP contribution >= 0.6 is 0 Å². The lowest BCUT2D eigenvalue weighted by atomic mass is 10.0. The highest BCUT2D eigenvalue weighted by molar-refractivity contribution is 5.83. The molecular weight excluding hydrogens is 250 g/mol. The molecule has 0 heterocycles. The Hall–Kier alpha value is -1.87. The first kappa shape index (κ1) is 14.5. The van der Waals surface area contributed by atoms with Gasteiger partial charge in [-0.05, 0) is 42.8 Å². The van der Waals surface area contributed by atoms with Gasteiger partial charge in [0.25, 0.3) is 0 Å². The quantitative estimate of drug-likeness (QED) is 0.904. The van der Waals surface area contributed by atoms with Gasteiger partial charge in [0, 0.05) is 6.54 Å². The Labute approximate surface area is 119 Å². The molecular formula is C17H21NO2. The largest absolute Gasteiger partial charge is 0.480 e. The number of carboxylic acids is 1. The van der Waals surface area contributed by atoms with Crippen molar-refractivity contribution >= 4 is 16.7 Å². The summed E-state index contributed by atoms with van der Waals surface area (Å²) in [5, 5.41) is 11.7. The lowest BCUT2D eigenvalue weighted by Crippen LogP contribution is -2.49. The maximum Gasteiger partial charge on any atom is 0.323 e. The third-order valence-electron chi connectivity index (χ3n) is 3.88. The molecule has 1 N–H and O–H groups in total. The molecule has 0 saturated carbocycles. The van der Waals surface area contributed by atoms with Crippen molar-refractivity contribution in [3.63, 3.8) is 0 Å². The normalized spacial score (nSPS) is 12.0. The minimum absolute atomic E-state index is 0.640. The number of hydrogen-bond donors (Lipinski definition) is 1. The third kappa shape index (κ3) is 2.83. The van der Waals surface area contributed by atoms with Crippen LogP contribution in [0.5, 0.6) is 0 Å². The van der Waals surface area contributed by atoms with Crippen molar-refractivity contribution in [1.29, 1.82) is 0 Å². The van der Waals surface area contributed by atoms with Gasteiger partial charge in [-0.3, -0.25) is 9.69 Å². The second kappa shape index (κ2) is 5.63. The van der Waals surface area contributed by atoms with Crippen molar-refractivity contribution in [3.8, 4) is 0 Å². The second-order valence-corrected chi connectivity index (χ2v) is 5.56. The van der Waals surface area contributed by atoms with Crippen LogP contribution in [0.15, 0.2) is 42.5 Å². The summed E-state index contributed by atoms with van der Waals surface area (Å²) in [5.74, 6) is -0.792. The first-order valence-corrected chi connectivity index (χ1v) is 6.91. The number of benzene rings is 2. The molecule has 2 aromatic carbocycles. The molecule has 0 saturated heterocycles. The van der Waals surface area contributed by atoms with Gasteiger partial charge in [-0.1, -0.05) is 43.3 Å². The smallest absolute Gasteiger partial charge is 0.323 e. The predicted molar refractivity (Wildman–Crippen MR) is 81.7 cm³/mol. The van der Waals surface area contributed by atoms with Gasteiger partial charge in [0.05, 0.1) is 0 Å². The van der Waals surface area contributed by atoms with Crippen molar-refractivity contribution in [2.75, 3.05) is 6.54 Å². The Kier molecular flexibility index (Phi) is 4.09. The van der Waals surface area contributed by atoms with Crippen LogP contribution in [0.25, 0.3) is 10.8 Å². The molecule has 0 aliphatic carbocycles. The van der Waals surface area contributed by atoms with E-state index in [1.807, 2.05) is 24.0 Å². The van der Waals surface area contributed by atoms with Gasteiger partial charge in [0.15, 0.2) is 0 Å². The first-order valence-electron chi connectivity index (χ1n) is 6.91. The van der Waals surface area contributed by atoms with E-state index in [-0.39, 0.29) is 0 Å². The van der Waals surface area contributed by atoms with Gasteiger partial charge in [0.2, 0.25) is 0 Å². The summed E-state index contributed by atoms with van der Waals surface area (Å²) in [6.45, 7) is 6.83. The van der Waals surface area contributed by atoms with Crippen LogP contribution in [0, 0.1) is 0 Å². The van der Waals surface area contributed by atoms with Crippen LogP contribution < -0.4 is 0 Å². The minimum atomic E-state index is -0.861. The zero-order chi connectivity index (χ0) is 14.8. The molecule has 0 amide bonds. The highest BCUT2D eigenvalue weighted by atomic mass is 16.4. The number of hydrogen-bond acceptors (Lipinski definition) is 2. The molecule has 0 aliphatic heterocycles. The number of aliphatic carboxylic acids is 1. The fraction of sp³-hybridized carbons (Fsp3) is 0.353. The molecule has 0 aliphatic rings. The molecule has 20 heavy (non-hydrogen) atoms. The lowest BCUT2D eigenvalue weighted by Gasteiger charge is -2.34. The Balaban J connectivity index is 2.28. The van der Waals surface area contributed by atoms with E-state index in [4.69, 9.17) is 0 Å². The zero-order valence-corrected chi connectivity index (χ0v) is 12.3. The summed E-state index contributed by atoms with van der Waals surface area (Å²) < 4.78 is 0. The van der Waals surface area contributed by atoms with E-state index in [9.17, 15) is 9.90 Å². The van der Waals surface area contributed by atoms with Gasteiger partial charge < -0.3 is 5.11 Å². The average Bonchev–Trinajstić information content (AvgIpc) is 2.44. The summed E-state index contributed by atoms with van der Waals surface area (Å²) in [7, 11) is 0. The van der Waals surface area contributed by atoms with Crippen molar-refractivity contribution in [2.45, 2.75) is 32.9 Å². The van der Waals surface area contributed by atoms with E-state index in [0.717, 1.165) is 5.56 Å². The Morgan fingerprint density at radius 3 is 2.40 bits per heavy atom. The number of likely N-dealkylation sites (N-methyl/N-ethyl adjacent to an activating group) is 1. The zero-order valence-electron chi connectivity index (χ0n) is 12.3. The fourth-order valence-electron chi connectivity index (χ4n) is 2.40. The van der Waals surface area contributed by atoms with Gasteiger partial charge in [0.1, 0.15) is 5.54 Å². The minimum Gasteiger partial charge on any atom is -0.480 e. The number of carboxylic acid groups (broad SMARTS) is 1. The number of fused-ring (bicyclic) bond motifs is 1. The summed E-state index contributed by atoms with van der Waals surface area (Å²) >= 11 is 0. The van der Waals surface area contributed by atoms with E-state index < -0.39 is 11.5 Å². The fourth-order valence-corrected chi connectivity index (χ4v) is 2.40. The Bertz CT molecular complexity index is 619. The monoisotopic (exact) mass is 271 g/mol. The van der Waals surface area contributed by atoms with Crippen LogP contribution in [-0.4, -0.2) is 28.1 Å². The molecule has 106 valence electrons. The molecule has 2 aromatic rings. The topological polar surface area (TPSA) is 40.5 Å². The highest BCUT2D eigenvalue weighted by Gasteiger charge is 2.33. The van der Waals surface area contributed by atoms with E-state index in [0.29, 0.717) is 13.1 Å². The number of nitrogens with zero attached hydrogens (tertiary/aromatic N) is 1. The van der Waals surface area contributed by atoms with Gasteiger partial charge in [-0.25, -0.2) is 0 Å². The number of rotatable bonds is 5. The van der Waals surface area contributed by atoms with Crippen molar-refractivity contribution in [1.82, 2.24) is 4.90 Å². The SMILES string of the molecule is CCN(Cc1ccc2ccccc2c1)C(C)(C)C(=O)O. The van der Waals surface area contributed by atoms with Gasteiger partial charge in [-0.15, -0.1) is 0 Å². The summed E-state index contributed by atoms with van der Waals surface area (Å²) in [6.07, 6.45) is 0. The van der Waals surface area contributed by atoms with E-state index in [1.54, 1.807) is 13.8 Å². The van der Waals surface area contributed by atoms with Crippen LogP contribution in [0.1, 0.15) is 26.3 Å². The van der Waals surface area contributed by atoms with Crippen molar-refractivity contribution in [2.24, 2.45) is 0 Å². The van der Waals surface area contributed by atoms with Crippen LogP contribution in [0.4, 0.5) is 0 Å². The molecule has 0 atom stereocenters. The molecule has 0 bridgehead atoms. The van der Waals surface area contributed by atoms with E-state index >= 15 is 0 Å². The van der Waals surface area contributed by atoms with Crippen LogP contribution in [0.2, 0.25) is 0 Å². The molecule has 0 spiro atoms. The lowest BCUT2D eigenvalue weighted by molar-refractivity contribution is -0.149. The second-order valence-electron chi connectivity index (χ2n) is 5.56. The summed E-state index contributed by atoms with van der Waals surface area (Å²) in [4.78, 5) is 13.4. The summed E-state index contributed by atoms with van der Waals surface area (Å²) in [5.41, 5.74) is 0.278. The Morgan fingerprint density at radius 1 is 1.15 bits per heavy atom. The average molecular weight is 271 g/mol. The maximum atomic E-state index is 11.4. The maximum absolute atomic E-state index is 11.4. The van der Waals surface area contributed by atoms with Crippen LogP contribution in [0.3, 0.4) is 0 Å². The van der Waals surface area contributed by atoms with E-state index in [1.165, 1.54) is 10.8 Å². The van der Waals surface area contributed by atoms with Gasteiger partial charge in [-0.2, -0.15) is 0 Å². The standard InChI is InChI=1S/C17H21NO2/c1-4-18(17(2,3)16(19)20)12-13-9-10-14-7-5-6-8-15(14)11-13/h5-11H,4,12H2,1-3H3,(H,19,20). The van der Waals surface area contributed by atoms with Crippen molar-refractivity contribution < 1.29 is 9.90 Å². The molecule has 0 unspecified atom stereocenters.